The van der Waals surface area contributed by atoms with E-state index in [1.165, 1.54) is 23.5 Å². The fourth-order valence-corrected chi connectivity index (χ4v) is 2.34. The zero-order valence-corrected chi connectivity index (χ0v) is 11.6. The van der Waals surface area contributed by atoms with Crippen molar-refractivity contribution in [2.75, 3.05) is 11.5 Å². The Kier molecular flexibility index (Phi) is 6.93. The van der Waals surface area contributed by atoms with E-state index in [0.717, 1.165) is 11.6 Å². The summed E-state index contributed by atoms with van der Waals surface area (Å²) < 4.78 is 0. The quantitative estimate of drug-likeness (QED) is 0.742. The Bertz CT molecular complexity index is 286. The summed E-state index contributed by atoms with van der Waals surface area (Å²) in [5, 5.41) is 4.32. The molecular weight excluding hydrogens is 238 g/mol. The van der Waals surface area contributed by atoms with Crippen LogP contribution in [-0.4, -0.2) is 17.5 Å². The van der Waals surface area contributed by atoms with Crippen molar-refractivity contribution in [3.8, 4) is 0 Å². The van der Waals surface area contributed by atoms with Crippen LogP contribution in [0, 0.1) is 0 Å². The molecule has 1 rings (SSSR count). The van der Waals surface area contributed by atoms with Crippen molar-refractivity contribution in [2.24, 2.45) is 0 Å². The van der Waals surface area contributed by atoms with Gasteiger partial charge in [-0.1, -0.05) is 30.7 Å². The normalized spacial score (nSPS) is 12.7. The number of benzene rings is 1. The molecule has 1 aromatic rings. The van der Waals surface area contributed by atoms with Gasteiger partial charge in [-0.15, -0.1) is 0 Å². The first-order valence-electron chi connectivity index (χ1n) is 5.78. The van der Waals surface area contributed by atoms with Crippen LogP contribution in [0.15, 0.2) is 24.3 Å². The molecule has 90 valence electrons. The summed E-state index contributed by atoms with van der Waals surface area (Å²) >= 11 is 7.84. The Hall–Kier alpha value is -0.180. The largest absolute Gasteiger partial charge is 0.310 e. The molecule has 0 fully saturated rings. The number of hydrogen-bond acceptors (Lipinski definition) is 2. The smallest absolute Gasteiger partial charge is 0.0406 e. The van der Waals surface area contributed by atoms with Crippen molar-refractivity contribution in [3.05, 3.63) is 34.9 Å². The zero-order chi connectivity index (χ0) is 11.8. The van der Waals surface area contributed by atoms with E-state index in [1.807, 2.05) is 23.9 Å². The summed E-state index contributed by atoms with van der Waals surface area (Å²) in [7, 11) is 0. The van der Waals surface area contributed by atoms with Crippen molar-refractivity contribution >= 4 is 23.4 Å². The van der Waals surface area contributed by atoms with E-state index >= 15 is 0 Å². The van der Waals surface area contributed by atoms with Gasteiger partial charge in [0.15, 0.2) is 0 Å². The Morgan fingerprint density at radius 1 is 1.31 bits per heavy atom. The number of hydrogen-bond donors (Lipinski definition) is 1. The molecule has 0 saturated heterocycles. The van der Waals surface area contributed by atoms with Crippen LogP contribution in [0.4, 0.5) is 0 Å². The van der Waals surface area contributed by atoms with Gasteiger partial charge in [-0.2, -0.15) is 11.8 Å². The van der Waals surface area contributed by atoms with E-state index in [1.54, 1.807) is 0 Å². The van der Waals surface area contributed by atoms with Gasteiger partial charge in [-0.3, -0.25) is 0 Å². The molecule has 1 aromatic carbocycles. The molecule has 0 aromatic heterocycles. The van der Waals surface area contributed by atoms with Gasteiger partial charge in [0.2, 0.25) is 0 Å². The lowest BCUT2D eigenvalue weighted by molar-refractivity contribution is 0.537. The van der Waals surface area contributed by atoms with E-state index in [9.17, 15) is 0 Å². The molecule has 3 heteroatoms. The molecule has 0 spiro atoms. The molecule has 16 heavy (non-hydrogen) atoms. The zero-order valence-electron chi connectivity index (χ0n) is 10.0. The van der Waals surface area contributed by atoms with E-state index in [2.05, 4.69) is 31.3 Å². The van der Waals surface area contributed by atoms with Crippen LogP contribution in [0.25, 0.3) is 0 Å². The summed E-state index contributed by atoms with van der Waals surface area (Å²) in [4.78, 5) is 0. The molecule has 0 saturated carbocycles. The standard InChI is InChI=1S/C13H20ClNS/c1-3-16-9-8-11(2)15-10-12-4-6-13(14)7-5-12/h4-7,11,15H,3,8-10H2,1-2H3. The third kappa shape index (κ3) is 5.78. The molecule has 0 radical (unpaired) electrons. The molecular formula is C13H20ClNS. The van der Waals surface area contributed by atoms with Gasteiger partial charge in [0.25, 0.3) is 0 Å². The Morgan fingerprint density at radius 3 is 2.62 bits per heavy atom. The maximum atomic E-state index is 5.84. The molecule has 1 unspecified atom stereocenters. The molecule has 0 aliphatic carbocycles. The highest BCUT2D eigenvalue weighted by Crippen LogP contribution is 2.10. The highest BCUT2D eigenvalue weighted by molar-refractivity contribution is 7.99. The number of nitrogens with one attached hydrogen (secondary N) is 1. The summed E-state index contributed by atoms with van der Waals surface area (Å²) in [6.07, 6.45) is 1.23. The van der Waals surface area contributed by atoms with Crippen LogP contribution in [0.3, 0.4) is 0 Å². The van der Waals surface area contributed by atoms with Gasteiger partial charge in [-0.05, 0) is 42.5 Å². The minimum atomic E-state index is 0.578. The third-order valence-electron chi connectivity index (χ3n) is 2.47. The van der Waals surface area contributed by atoms with Gasteiger partial charge in [-0.25, -0.2) is 0 Å². The lowest BCUT2D eigenvalue weighted by atomic mass is 10.2. The number of thioether (sulfide) groups is 1. The average molecular weight is 258 g/mol. The van der Waals surface area contributed by atoms with E-state index in [-0.39, 0.29) is 0 Å². The molecule has 1 atom stereocenters. The van der Waals surface area contributed by atoms with Crippen LogP contribution in [0.2, 0.25) is 5.02 Å². The lowest BCUT2D eigenvalue weighted by Gasteiger charge is -2.13. The maximum absolute atomic E-state index is 5.84. The first-order valence-corrected chi connectivity index (χ1v) is 7.31. The third-order valence-corrected chi connectivity index (χ3v) is 3.65. The monoisotopic (exact) mass is 257 g/mol. The molecule has 1 nitrogen and oxygen atoms in total. The second-order valence-corrected chi connectivity index (χ2v) is 5.72. The SMILES string of the molecule is CCSCCC(C)NCc1ccc(Cl)cc1. The van der Waals surface area contributed by atoms with Crippen molar-refractivity contribution in [1.82, 2.24) is 5.32 Å². The first kappa shape index (κ1) is 13.9. The molecule has 1 N–H and O–H groups in total. The second-order valence-electron chi connectivity index (χ2n) is 3.89. The lowest BCUT2D eigenvalue weighted by Crippen LogP contribution is -2.25. The minimum Gasteiger partial charge on any atom is -0.310 e. The highest BCUT2D eigenvalue weighted by Gasteiger charge is 2.01. The summed E-state index contributed by atoms with van der Waals surface area (Å²) in [6.45, 7) is 5.37. The predicted octanol–water partition coefficient (Wildman–Crippen LogP) is 3.96. The van der Waals surface area contributed by atoms with Crippen LogP contribution >= 0.6 is 23.4 Å². The predicted molar refractivity (Wildman–Crippen MR) is 75.4 cm³/mol. The highest BCUT2D eigenvalue weighted by atomic mass is 35.5. The second kappa shape index (κ2) is 7.99. The minimum absolute atomic E-state index is 0.578. The van der Waals surface area contributed by atoms with Crippen LogP contribution < -0.4 is 5.32 Å². The summed E-state index contributed by atoms with van der Waals surface area (Å²) in [6, 6.07) is 8.60. The van der Waals surface area contributed by atoms with Crippen molar-refractivity contribution in [2.45, 2.75) is 32.9 Å². The van der Waals surface area contributed by atoms with Gasteiger partial charge in [0.1, 0.15) is 0 Å². The summed E-state index contributed by atoms with van der Waals surface area (Å²) in [5.74, 6) is 2.45. The molecule has 0 amide bonds. The van der Waals surface area contributed by atoms with E-state index < -0.39 is 0 Å². The van der Waals surface area contributed by atoms with Crippen molar-refractivity contribution in [3.63, 3.8) is 0 Å². The van der Waals surface area contributed by atoms with Crippen molar-refractivity contribution in [1.29, 1.82) is 0 Å². The maximum Gasteiger partial charge on any atom is 0.0406 e. The van der Waals surface area contributed by atoms with Crippen LogP contribution in [0.5, 0.6) is 0 Å². The Balaban J connectivity index is 2.20. The van der Waals surface area contributed by atoms with Crippen LogP contribution in [0.1, 0.15) is 25.8 Å². The molecule has 0 aliphatic rings. The Morgan fingerprint density at radius 2 is 2.00 bits per heavy atom. The molecule has 0 bridgehead atoms. The van der Waals surface area contributed by atoms with E-state index in [4.69, 9.17) is 11.6 Å². The number of halogens is 1. The molecule has 0 heterocycles. The average Bonchev–Trinajstić information content (AvgIpc) is 2.29. The number of rotatable bonds is 7. The fraction of sp³-hybridized carbons (Fsp3) is 0.538. The van der Waals surface area contributed by atoms with Gasteiger partial charge >= 0.3 is 0 Å². The van der Waals surface area contributed by atoms with Gasteiger partial charge in [0, 0.05) is 17.6 Å². The van der Waals surface area contributed by atoms with Gasteiger partial charge in [0.05, 0.1) is 0 Å². The summed E-state index contributed by atoms with van der Waals surface area (Å²) in [5.41, 5.74) is 1.29. The first-order chi connectivity index (χ1) is 7.72. The van der Waals surface area contributed by atoms with Gasteiger partial charge < -0.3 is 5.32 Å². The van der Waals surface area contributed by atoms with Crippen molar-refractivity contribution < 1.29 is 0 Å². The van der Waals surface area contributed by atoms with Crippen LogP contribution in [-0.2, 0) is 6.54 Å². The molecule has 0 aliphatic heterocycles. The fourth-order valence-electron chi connectivity index (χ4n) is 1.40. The topological polar surface area (TPSA) is 12.0 Å². The Labute approximate surface area is 108 Å². The van der Waals surface area contributed by atoms with E-state index in [0.29, 0.717) is 6.04 Å².